The van der Waals surface area contributed by atoms with Crippen molar-refractivity contribution in [2.24, 2.45) is 0 Å². The smallest absolute Gasteiger partial charge is 0.160 e. The van der Waals surface area contributed by atoms with E-state index in [-0.39, 0.29) is 0 Å². The number of benzene rings is 8. The van der Waals surface area contributed by atoms with Crippen LogP contribution in [-0.4, -0.2) is 14.5 Å². The first-order valence-electron chi connectivity index (χ1n) is 18.3. The second-order valence-corrected chi connectivity index (χ2v) is 13.5. The van der Waals surface area contributed by atoms with E-state index < -0.39 is 0 Å². The Balaban J connectivity index is 1.13. The lowest BCUT2D eigenvalue weighted by atomic mass is 10.0. The first-order chi connectivity index (χ1) is 26.8. The Morgan fingerprint density at radius 1 is 0.352 bits per heavy atom. The lowest BCUT2D eigenvalue weighted by molar-refractivity contribution is 1.17. The molecular weight excluding hydrogens is 657 g/mol. The monoisotopic (exact) mass is 690 g/mol. The molecule has 0 aliphatic rings. The lowest BCUT2D eigenvalue weighted by Gasteiger charge is -2.26. The second-order valence-electron chi connectivity index (χ2n) is 13.5. The molecule has 0 fully saturated rings. The zero-order chi connectivity index (χ0) is 35.8. The van der Waals surface area contributed by atoms with Crippen molar-refractivity contribution in [1.29, 1.82) is 0 Å². The molecule has 0 unspecified atom stereocenters. The van der Waals surface area contributed by atoms with Gasteiger partial charge in [0.1, 0.15) is 0 Å². The molecular formula is C50H34N4. The SMILES string of the molecule is c1ccc(-c2ccc(-c3nc(-c4ccc5c6ccccc6n(-c6cccc(N(c7ccccc7)c7ccccc7)c6)c5c4)nc4ccccc34)cc2)cc1. The predicted molar refractivity (Wildman–Crippen MR) is 225 cm³/mol. The third-order valence-corrected chi connectivity index (χ3v) is 10.2. The van der Waals surface area contributed by atoms with E-state index in [4.69, 9.17) is 9.97 Å². The van der Waals surface area contributed by atoms with Gasteiger partial charge in [0.05, 0.1) is 22.2 Å². The van der Waals surface area contributed by atoms with E-state index in [1.54, 1.807) is 0 Å². The third kappa shape index (κ3) is 5.58. The molecule has 8 aromatic carbocycles. The van der Waals surface area contributed by atoms with Crippen molar-refractivity contribution >= 4 is 49.8 Å². The zero-order valence-corrected chi connectivity index (χ0v) is 29.4. The molecule has 0 N–H and O–H groups in total. The van der Waals surface area contributed by atoms with Gasteiger partial charge in [-0.2, -0.15) is 0 Å². The van der Waals surface area contributed by atoms with Crippen LogP contribution in [0.1, 0.15) is 0 Å². The molecule has 0 saturated heterocycles. The molecule has 10 aromatic rings. The summed E-state index contributed by atoms with van der Waals surface area (Å²) in [5.74, 6) is 0.697. The molecule has 0 atom stereocenters. The van der Waals surface area contributed by atoms with E-state index in [1.807, 2.05) is 12.1 Å². The van der Waals surface area contributed by atoms with Crippen LogP contribution in [0.5, 0.6) is 0 Å². The molecule has 0 spiro atoms. The molecule has 0 saturated carbocycles. The highest BCUT2D eigenvalue weighted by Gasteiger charge is 2.18. The van der Waals surface area contributed by atoms with Gasteiger partial charge in [0.25, 0.3) is 0 Å². The number of fused-ring (bicyclic) bond motifs is 4. The predicted octanol–water partition coefficient (Wildman–Crippen LogP) is 13.2. The fourth-order valence-corrected chi connectivity index (χ4v) is 7.64. The molecule has 0 radical (unpaired) electrons. The highest BCUT2D eigenvalue weighted by Crippen LogP contribution is 2.39. The van der Waals surface area contributed by atoms with Gasteiger partial charge in [-0.05, 0) is 71.8 Å². The minimum Gasteiger partial charge on any atom is -0.310 e. The maximum Gasteiger partial charge on any atom is 0.160 e. The first-order valence-corrected chi connectivity index (χ1v) is 18.3. The highest BCUT2D eigenvalue weighted by molar-refractivity contribution is 6.10. The molecule has 254 valence electrons. The Morgan fingerprint density at radius 2 is 0.907 bits per heavy atom. The van der Waals surface area contributed by atoms with Gasteiger partial charge < -0.3 is 9.47 Å². The number of nitrogens with zero attached hydrogens (tertiary/aromatic N) is 4. The Kier molecular flexibility index (Phi) is 7.77. The normalized spacial score (nSPS) is 11.3. The van der Waals surface area contributed by atoms with Gasteiger partial charge in [-0.15, -0.1) is 0 Å². The summed E-state index contributed by atoms with van der Waals surface area (Å²) in [6, 6.07) is 72.6. The van der Waals surface area contributed by atoms with Crippen LogP contribution in [0.4, 0.5) is 17.1 Å². The molecule has 4 heteroatoms. The number of rotatable bonds is 7. The van der Waals surface area contributed by atoms with Gasteiger partial charge in [0, 0.05) is 50.0 Å². The molecule has 0 bridgehead atoms. The number of para-hydroxylation sites is 4. The van der Waals surface area contributed by atoms with Gasteiger partial charge in [0.15, 0.2) is 5.82 Å². The van der Waals surface area contributed by atoms with Crippen molar-refractivity contribution in [2.45, 2.75) is 0 Å². The summed E-state index contributed by atoms with van der Waals surface area (Å²) >= 11 is 0. The third-order valence-electron chi connectivity index (χ3n) is 10.2. The second kappa shape index (κ2) is 13.4. The van der Waals surface area contributed by atoms with Gasteiger partial charge in [-0.3, -0.25) is 0 Å². The standard InChI is InChI=1S/C50H34N4/c1-4-15-35(16-5-1)36-27-29-37(30-28-36)49-45-24-10-12-25-46(45)51-50(52-49)38-31-32-44-43-23-11-13-26-47(43)54(48(44)33-38)42-22-14-21-41(34-42)53(39-17-6-2-7-18-39)40-19-8-3-9-20-40/h1-34H. The summed E-state index contributed by atoms with van der Waals surface area (Å²) in [5, 5.41) is 3.41. The fraction of sp³-hybridized carbons (Fsp3) is 0. The van der Waals surface area contributed by atoms with E-state index in [2.05, 4.69) is 204 Å². The molecule has 4 nitrogen and oxygen atoms in total. The van der Waals surface area contributed by atoms with Gasteiger partial charge in [-0.1, -0.05) is 146 Å². The first kappa shape index (κ1) is 31.4. The minimum atomic E-state index is 0.697. The van der Waals surface area contributed by atoms with Crippen molar-refractivity contribution in [3.05, 3.63) is 206 Å². The molecule has 54 heavy (non-hydrogen) atoms. The summed E-state index contributed by atoms with van der Waals surface area (Å²) < 4.78 is 2.37. The van der Waals surface area contributed by atoms with Crippen LogP contribution in [0.3, 0.4) is 0 Å². The maximum atomic E-state index is 5.28. The molecule has 0 aliphatic carbocycles. The minimum absolute atomic E-state index is 0.697. The summed E-state index contributed by atoms with van der Waals surface area (Å²) in [6.45, 7) is 0. The topological polar surface area (TPSA) is 34.0 Å². The molecule has 0 aliphatic heterocycles. The average molecular weight is 691 g/mol. The molecule has 2 heterocycles. The summed E-state index contributed by atoms with van der Waals surface area (Å²) in [7, 11) is 0. The Hall–Kier alpha value is -7.30. The van der Waals surface area contributed by atoms with Gasteiger partial charge in [-0.25, -0.2) is 9.97 Å². The molecule has 2 aromatic heterocycles. The number of hydrogen-bond donors (Lipinski definition) is 0. The molecule has 10 rings (SSSR count). The van der Waals surface area contributed by atoms with Crippen LogP contribution in [0.2, 0.25) is 0 Å². The van der Waals surface area contributed by atoms with E-state index in [1.165, 1.54) is 21.9 Å². The zero-order valence-electron chi connectivity index (χ0n) is 29.4. The van der Waals surface area contributed by atoms with Crippen molar-refractivity contribution in [3.8, 4) is 39.5 Å². The van der Waals surface area contributed by atoms with E-state index >= 15 is 0 Å². The quantitative estimate of drug-likeness (QED) is 0.167. The largest absolute Gasteiger partial charge is 0.310 e. The number of anilines is 3. The van der Waals surface area contributed by atoms with Crippen molar-refractivity contribution in [1.82, 2.24) is 14.5 Å². The Labute approximate surface area is 313 Å². The van der Waals surface area contributed by atoms with Crippen molar-refractivity contribution in [3.63, 3.8) is 0 Å². The summed E-state index contributed by atoms with van der Waals surface area (Å²) in [4.78, 5) is 12.7. The van der Waals surface area contributed by atoms with E-state index in [9.17, 15) is 0 Å². The van der Waals surface area contributed by atoms with Crippen LogP contribution < -0.4 is 4.90 Å². The summed E-state index contributed by atoms with van der Waals surface area (Å²) in [6.07, 6.45) is 0. The van der Waals surface area contributed by atoms with Crippen LogP contribution in [0.25, 0.3) is 72.2 Å². The van der Waals surface area contributed by atoms with Crippen LogP contribution in [0.15, 0.2) is 206 Å². The Bertz CT molecular complexity index is 2880. The number of aromatic nitrogens is 3. The Morgan fingerprint density at radius 3 is 1.65 bits per heavy atom. The van der Waals surface area contributed by atoms with Crippen molar-refractivity contribution < 1.29 is 0 Å². The van der Waals surface area contributed by atoms with Crippen molar-refractivity contribution in [2.75, 3.05) is 4.90 Å². The van der Waals surface area contributed by atoms with Gasteiger partial charge in [0.2, 0.25) is 0 Å². The fourth-order valence-electron chi connectivity index (χ4n) is 7.64. The molecule has 0 amide bonds. The van der Waals surface area contributed by atoms with E-state index in [0.29, 0.717) is 5.82 Å². The number of hydrogen-bond acceptors (Lipinski definition) is 3. The average Bonchev–Trinajstić information content (AvgIpc) is 3.58. The maximum absolute atomic E-state index is 5.28. The van der Waals surface area contributed by atoms with Crippen LogP contribution in [0, 0.1) is 0 Å². The van der Waals surface area contributed by atoms with E-state index in [0.717, 1.165) is 61.5 Å². The van der Waals surface area contributed by atoms with Crippen LogP contribution in [-0.2, 0) is 0 Å². The van der Waals surface area contributed by atoms with Crippen LogP contribution >= 0.6 is 0 Å². The highest BCUT2D eigenvalue weighted by atomic mass is 15.1. The lowest BCUT2D eigenvalue weighted by Crippen LogP contribution is -2.10. The van der Waals surface area contributed by atoms with Gasteiger partial charge >= 0.3 is 0 Å². The summed E-state index contributed by atoms with van der Waals surface area (Å²) in [5.41, 5.74) is 12.8.